The number of hydrogen-bond acceptors (Lipinski definition) is 4. The normalized spacial score (nSPS) is 11.1. The van der Waals surface area contributed by atoms with Crippen LogP contribution in [0.1, 0.15) is 12.5 Å². The molecule has 132 valence electrons. The summed E-state index contributed by atoms with van der Waals surface area (Å²) in [5, 5.41) is 9.21. The van der Waals surface area contributed by atoms with E-state index in [1.54, 1.807) is 6.21 Å². The number of nitrogens with one attached hydrogen (secondary N) is 2. The number of carbonyl (C=O) groups excluding carboxylic acids is 1. The van der Waals surface area contributed by atoms with Crippen molar-refractivity contribution in [1.29, 1.82) is 0 Å². The van der Waals surface area contributed by atoms with Gasteiger partial charge in [0.1, 0.15) is 0 Å². The Labute approximate surface area is 156 Å². The van der Waals surface area contributed by atoms with E-state index < -0.39 is 0 Å². The molecule has 4 aromatic rings. The summed E-state index contributed by atoms with van der Waals surface area (Å²) in [5.41, 5.74) is 7.66. The second-order valence-corrected chi connectivity index (χ2v) is 6.19. The Morgan fingerprint density at radius 2 is 1.48 bits per heavy atom. The van der Waals surface area contributed by atoms with Gasteiger partial charge in [0.15, 0.2) is 0 Å². The quantitative estimate of drug-likeness (QED) is 0.314. The molecule has 4 rings (SSSR count). The van der Waals surface area contributed by atoms with Crippen molar-refractivity contribution in [1.82, 2.24) is 4.98 Å². The predicted octanol–water partition coefficient (Wildman–Crippen LogP) is 4.79. The smallest absolute Gasteiger partial charge is 0.221 e. The van der Waals surface area contributed by atoms with Gasteiger partial charge in [0.2, 0.25) is 5.91 Å². The van der Waals surface area contributed by atoms with Crippen molar-refractivity contribution in [2.24, 2.45) is 5.10 Å². The van der Waals surface area contributed by atoms with E-state index in [4.69, 9.17) is 4.98 Å². The summed E-state index contributed by atoms with van der Waals surface area (Å²) in [6.45, 7) is 1.49. The van der Waals surface area contributed by atoms with Gasteiger partial charge in [-0.15, -0.1) is 0 Å². The molecule has 0 fully saturated rings. The number of nitrogens with zero attached hydrogens (tertiary/aromatic N) is 2. The minimum absolute atomic E-state index is 0.0884. The van der Waals surface area contributed by atoms with Crippen LogP contribution in [0.3, 0.4) is 0 Å². The Hall–Kier alpha value is -3.73. The summed E-state index contributed by atoms with van der Waals surface area (Å²) in [5.74, 6) is -0.0884. The number of aromatic nitrogens is 1. The molecule has 0 aliphatic rings. The van der Waals surface area contributed by atoms with Crippen molar-refractivity contribution in [2.75, 3.05) is 10.7 Å². The molecule has 0 aliphatic carbocycles. The highest BCUT2D eigenvalue weighted by Crippen LogP contribution is 2.30. The van der Waals surface area contributed by atoms with Gasteiger partial charge in [-0.25, -0.2) is 4.98 Å². The molecular weight excluding hydrogens is 336 g/mol. The summed E-state index contributed by atoms with van der Waals surface area (Å²) >= 11 is 0. The van der Waals surface area contributed by atoms with Gasteiger partial charge in [-0.05, 0) is 29.8 Å². The first-order chi connectivity index (χ1) is 13.2. The number of fused-ring (bicyclic) bond motifs is 2. The fourth-order valence-electron chi connectivity index (χ4n) is 2.99. The lowest BCUT2D eigenvalue weighted by Gasteiger charge is -2.10. The molecular formula is C22H18N4O. The maximum Gasteiger partial charge on any atom is 0.221 e. The second kappa shape index (κ2) is 7.25. The zero-order valence-corrected chi connectivity index (χ0v) is 14.8. The van der Waals surface area contributed by atoms with Crippen molar-refractivity contribution >= 4 is 45.3 Å². The SMILES string of the molecule is CC(=O)Nc1ccc(/C=N/Nc2c3ccccc3nc3ccccc23)cc1. The molecule has 1 amide bonds. The number of para-hydroxylation sites is 2. The summed E-state index contributed by atoms with van der Waals surface area (Å²) < 4.78 is 0. The number of amides is 1. The molecule has 0 unspecified atom stereocenters. The minimum atomic E-state index is -0.0884. The van der Waals surface area contributed by atoms with E-state index in [9.17, 15) is 4.79 Å². The molecule has 27 heavy (non-hydrogen) atoms. The van der Waals surface area contributed by atoms with E-state index in [1.165, 1.54) is 6.92 Å². The molecule has 0 bridgehead atoms. The molecule has 5 nitrogen and oxygen atoms in total. The zero-order valence-electron chi connectivity index (χ0n) is 14.8. The zero-order chi connectivity index (χ0) is 18.6. The van der Waals surface area contributed by atoms with Crippen molar-refractivity contribution in [3.8, 4) is 0 Å². The first kappa shape index (κ1) is 16.7. The van der Waals surface area contributed by atoms with Gasteiger partial charge < -0.3 is 5.32 Å². The van der Waals surface area contributed by atoms with Crippen LogP contribution in [0, 0.1) is 0 Å². The molecule has 0 saturated carbocycles. The van der Waals surface area contributed by atoms with Gasteiger partial charge in [-0.1, -0.05) is 48.5 Å². The number of hydrazone groups is 1. The lowest BCUT2D eigenvalue weighted by Crippen LogP contribution is -2.05. The summed E-state index contributed by atoms with van der Waals surface area (Å²) in [4.78, 5) is 15.8. The van der Waals surface area contributed by atoms with E-state index in [0.29, 0.717) is 0 Å². The van der Waals surface area contributed by atoms with Crippen LogP contribution in [-0.2, 0) is 4.79 Å². The van der Waals surface area contributed by atoms with Crippen LogP contribution in [0.4, 0.5) is 11.4 Å². The lowest BCUT2D eigenvalue weighted by molar-refractivity contribution is -0.114. The largest absolute Gasteiger partial charge is 0.326 e. The monoisotopic (exact) mass is 354 g/mol. The predicted molar refractivity (Wildman–Crippen MR) is 111 cm³/mol. The van der Waals surface area contributed by atoms with E-state index >= 15 is 0 Å². The van der Waals surface area contributed by atoms with Crippen molar-refractivity contribution < 1.29 is 4.79 Å². The van der Waals surface area contributed by atoms with Crippen LogP contribution in [-0.4, -0.2) is 17.1 Å². The van der Waals surface area contributed by atoms with Gasteiger partial charge in [-0.3, -0.25) is 10.2 Å². The number of hydrogen-bond donors (Lipinski definition) is 2. The number of carbonyl (C=O) groups is 1. The lowest BCUT2D eigenvalue weighted by atomic mass is 10.1. The van der Waals surface area contributed by atoms with Gasteiger partial charge >= 0.3 is 0 Å². The first-order valence-corrected chi connectivity index (χ1v) is 8.65. The van der Waals surface area contributed by atoms with Crippen LogP contribution >= 0.6 is 0 Å². The molecule has 1 heterocycles. The molecule has 1 aromatic heterocycles. The Kier molecular flexibility index (Phi) is 4.49. The molecule has 0 aliphatic heterocycles. The number of benzene rings is 3. The average molecular weight is 354 g/mol. The fourth-order valence-corrected chi connectivity index (χ4v) is 2.99. The third-order valence-electron chi connectivity index (χ3n) is 4.21. The van der Waals surface area contributed by atoms with Crippen LogP contribution < -0.4 is 10.7 Å². The Morgan fingerprint density at radius 1 is 0.889 bits per heavy atom. The summed E-state index contributed by atoms with van der Waals surface area (Å²) in [7, 11) is 0. The fraction of sp³-hybridized carbons (Fsp3) is 0.0455. The molecule has 3 aromatic carbocycles. The van der Waals surface area contributed by atoms with Crippen molar-refractivity contribution in [2.45, 2.75) is 6.92 Å². The summed E-state index contributed by atoms with van der Waals surface area (Å²) in [6.07, 6.45) is 1.75. The Bertz CT molecular complexity index is 1100. The number of anilines is 2. The van der Waals surface area contributed by atoms with Crippen LogP contribution in [0.2, 0.25) is 0 Å². The maximum atomic E-state index is 11.1. The Morgan fingerprint density at radius 3 is 2.07 bits per heavy atom. The molecule has 0 spiro atoms. The maximum absolute atomic E-state index is 11.1. The molecule has 5 heteroatoms. The van der Waals surface area contributed by atoms with E-state index in [-0.39, 0.29) is 5.91 Å². The van der Waals surface area contributed by atoms with E-state index in [1.807, 2.05) is 72.8 Å². The van der Waals surface area contributed by atoms with Crippen molar-refractivity contribution in [3.63, 3.8) is 0 Å². The number of rotatable bonds is 4. The highest BCUT2D eigenvalue weighted by atomic mass is 16.1. The van der Waals surface area contributed by atoms with Crippen LogP contribution in [0.15, 0.2) is 77.9 Å². The highest BCUT2D eigenvalue weighted by Gasteiger charge is 2.07. The molecule has 0 atom stereocenters. The van der Waals surface area contributed by atoms with E-state index in [2.05, 4.69) is 15.8 Å². The van der Waals surface area contributed by atoms with Gasteiger partial charge in [0.25, 0.3) is 0 Å². The van der Waals surface area contributed by atoms with Gasteiger partial charge in [0.05, 0.1) is 22.9 Å². The van der Waals surface area contributed by atoms with Crippen LogP contribution in [0.25, 0.3) is 21.8 Å². The Balaban J connectivity index is 1.64. The van der Waals surface area contributed by atoms with Gasteiger partial charge in [-0.2, -0.15) is 5.10 Å². The molecule has 0 saturated heterocycles. The number of pyridine rings is 1. The average Bonchev–Trinajstić information content (AvgIpc) is 2.68. The third-order valence-corrected chi connectivity index (χ3v) is 4.21. The van der Waals surface area contributed by atoms with E-state index in [0.717, 1.165) is 38.7 Å². The second-order valence-electron chi connectivity index (χ2n) is 6.19. The molecule has 0 radical (unpaired) electrons. The van der Waals surface area contributed by atoms with Gasteiger partial charge in [0, 0.05) is 23.4 Å². The molecule has 2 N–H and O–H groups in total. The topological polar surface area (TPSA) is 66.4 Å². The minimum Gasteiger partial charge on any atom is -0.326 e. The standard InChI is InChI=1S/C22H18N4O/c1-15(27)24-17-12-10-16(11-13-17)14-23-26-22-18-6-2-4-8-20(18)25-21-9-5-3-7-19(21)22/h2-14H,1H3,(H,24,27)(H,25,26)/b23-14+. The third kappa shape index (κ3) is 3.62. The summed E-state index contributed by atoms with van der Waals surface area (Å²) in [6, 6.07) is 23.5. The highest BCUT2D eigenvalue weighted by molar-refractivity contribution is 6.07. The van der Waals surface area contributed by atoms with Crippen molar-refractivity contribution in [3.05, 3.63) is 78.4 Å². The first-order valence-electron chi connectivity index (χ1n) is 8.65. The van der Waals surface area contributed by atoms with Crippen LogP contribution in [0.5, 0.6) is 0 Å².